The van der Waals surface area contributed by atoms with Gasteiger partial charge in [-0.05, 0) is 59.6 Å². The third-order valence-corrected chi connectivity index (χ3v) is 6.88. The molecule has 0 aliphatic carbocycles. The number of carbonyl (C=O) groups is 2. The van der Waals surface area contributed by atoms with Gasteiger partial charge in [0.05, 0.1) is 25.7 Å². The maximum absolute atomic E-state index is 12.2. The van der Waals surface area contributed by atoms with Crippen molar-refractivity contribution in [2.24, 2.45) is 0 Å². The number of unbranched alkanes of at least 4 members (excludes halogenated alkanes) is 3. The van der Waals surface area contributed by atoms with E-state index >= 15 is 0 Å². The Morgan fingerprint density at radius 3 is 2.09 bits per heavy atom. The van der Waals surface area contributed by atoms with Gasteiger partial charge in [0, 0.05) is 29.8 Å². The van der Waals surface area contributed by atoms with Gasteiger partial charge in [0.15, 0.2) is 5.78 Å². The van der Waals surface area contributed by atoms with Crippen molar-refractivity contribution in [3.63, 3.8) is 0 Å². The lowest BCUT2D eigenvalue weighted by atomic mass is 10.1. The number of amides is 1. The summed E-state index contributed by atoms with van der Waals surface area (Å²) in [6, 6.07) is 9.41. The van der Waals surface area contributed by atoms with Gasteiger partial charge in [-0.25, -0.2) is 4.67 Å². The molecule has 0 fully saturated rings. The van der Waals surface area contributed by atoms with Crippen LogP contribution >= 0.6 is 8.53 Å². The third-order valence-electron chi connectivity index (χ3n) is 4.77. The smallest absolute Gasteiger partial charge is 0.259 e. The van der Waals surface area contributed by atoms with Gasteiger partial charge in [-0.2, -0.15) is 5.26 Å². The molecule has 1 N–H and O–H groups in total. The highest BCUT2D eigenvalue weighted by Gasteiger charge is 2.26. The lowest BCUT2D eigenvalue weighted by molar-refractivity contribution is 0.0950. The first-order valence-corrected chi connectivity index (χ1v) is 12.5. The predicted molar refractivity (Wildman–Crippen MR) is 128 cm³/mol. The summed E-state index contributed by atoms with van der Waals surface area (Å²) in [4.78, 5) is 23.5. The summed E-state index contributed by atoms with van der Waals surface area (Å²) >= 11 is 0. The Labute approximate surface area is 194 Å². The van der Waals surface area contributed by atoms with Crippen LogP contribution in [0.4, 0.5) is 0 Å². The molecule has 0 saturated carbocycles. The summed E-state index contributed by atoms with van der Waals surface area (Å²) in [6.07, 6.45) is 4.19. The number of hydrogen-bond donors (Lipinski definition) is 1. The van der Waals surface area contributed by atoms with Crippen LogP contribution in [0, 0.1) is 11.3 Å². The third kappa shape index (κ3) is 10.7. The van der Waals surface area contributed by atoms with E-state index in [-0.39, 0.29) is 11.7 Å². The van der Waals surface area contributed by atoms with Crippen molar-refractivity contribution in [3.05, 3.63) is 35.4 Å². The highest BCUT2D eigenvalue weighted by atomic mass is 31.2. The zero-order chi connectivity index (χ0) is 23.9. The second-order valence-electron chi connectivity index (χ2n) is 8.18. The number of Topliss-reactive ketones (excluding diaryl/α,β-unsaturated/α-hetero) is 1. The summed E-state index contributed by atoms with van der Waals surface area (Å²) in [7, 11) is -1.18. The Hall–Kier alpha value is -1.84. The first-order valence-electron chi connectivity index (χ1n) is 11.4. The number of nitrogens with one attached hydrogen (secondary N) is 1. The van der Waals surface area contributed by atoms with E-state index < -0.39 is 8.53 Å². The summed E-state index contributed by atoms with van der Waals surface area (Å²) in [5.74, 6) is -0.130. The van der Waals surface area contributed by atoms with Crippen molar-refractivity contribution in [3.8, 4) is 6.07 Å². The van der Waals surface area contributed by atoms with Gasteiger partial charge in [0.1, 0.15) is 0 Å². The van der Waals surface area contributed by atoms with E-state index in [0.29, 0.717) is 49.4 Å². The molecule has 1 unspecified atom stereocenters. The molecule has 0 spiro atoms. The minimum atomic E-state index is -1.18. The number of nitriles is 1. The van der Waals surface area contributed by atoms with Crippen molar-refractivity contribution >= 4 is 20.2 Å². The fourth-order valence-corrected chi connectivity index (χ4v) is 4.83. The Kier molecular flexibility index (Phi) is 14.0. The zero-order valence-electron chi connectivity index (χ0n) is 20.1. The summed E-state index contributed by atoms with van der Waals surface area (Å²) in [5, 5.41) is 11.7. The van der Waals surface area contributed by atoms with Crippen LogP contribution < -0.4 is 5.32 Å². The Morgan fingerprint density at radius 1 is 0.969 bits per heavy atom. The number of rotatable bonds is 16. The molecule has 0 heterocycles. The van der Waals surface area contributed by atoms with E-state index in [4.69, 9.17) is 14.3 Å². The molecule has 1 aromatic rings. The fraction of sp³-hybridized carbons (Fsp3) is 0.625. The summed E-state index contributed by atoms with van der Waals surface area (Å²) in [6.45, 7) is 11.6. The quantitative estimate of drug-likeness (QED) is 0.198. The second-order valence-corrected chi connectivity index (χ2v) is 9.64. The van der Waals surface area contributed by atoms with E-state index in [0.717, 1.165) is 25.7 Å². The Balaban J connectivity index is 2.28. The van der Waals surface area contributed by atoms with Gasteiger partial charge in [-0.1, -0.05) is 25.0 Å². The van der Waals surface area contributed by atoms with Crippen molar-refractivity contribution in [2.75, 3.05) is 19.8 Å². The minimum absolute atomic E-state index is 0.0108. The van der Waals surface area contributed by atoms with Gasteiger partial charge < -0.3 is 14.4 Å². The summed E-state index contributed by atoms with van der Waals surface area (Å²) < 4.78 is 14.2. The average Bonchev–Trinajstić information content (AvgIpc) is 2.74. The van der Waals surface area contributed by atoms with E-state index in [1.165, 1.54) is 6.92 Å². The molecule has 0 bridgehead atoms. The molecule has 0 radical (unpaired) electrons. The summed E-state index contributed by atoms with van der Waals surface area (Å²) in [5.41, 5.74) is 1.17. The normalized spacial score (nSPS) is 12.2. The first-order chi connectivity index (χ1) is 15.3. The van der Waals surface area contributed by atoms with Gasteiger partial charge in [0.25, 0.3) is 14.4 Å². The number of carbonyl (C=O) groups excluding carboxylic acids is 2. The Morgan fingerprint density at radius 2 is 1.53 bits per heavy atom. The molecule has 0 aliphatic rings. The van der Waals surface area contributed by atoms with E-state index in [1.807, 2.05) is 0 Å². The number of hydrogen-bond acceptors (Lipinski definition) is 6. The molecule has 178 valence electrons. The average molecular weight is 464 g/mol. The molecule has 0 aromatic heterocycles. The highest BCUT2D eigenvalue weighted by molar-refractivity contribution is 7.44. The minimum Gasteiger partial charge on any atom is -0.352 e. The van der Waals surface area contributed by atoms with Gasteiger partial charge >= 0.3 is 0 Å². The van der Waals surface area contributed by atoms with Crippen molar-refractivity contribution in [1.29, 1.82) is 5.26 Å². The van der Waals surface area contributed by atoms with E-state index in [1.54, 1.807) is 24.3 Å². The standard InChI is InChI=1S/C24H38N3O4P/c1-19(2)27(20(3)4)32(31-18-10-15-25)30-17-9-7-6-8-16-26-24(29)23-13-11-22(12-14-23)21(5)28/h11-14,19-20H,6-10,16-18H2,1-5H3,(H,26,29). The number of ketones is 1. The van der Waals surface area contributed by atoms with Crippen LogP contribution in [0.1, 0.15) is 87.4 Å². The molecular formula is C24H38N3O4P. The van der Waals surface area contributed by atoms with Crippen molar-refractivity contribution in [1.82, 2.24) is 9.99 Å². The van der Waals surface area contributed by atoms with Crippen LogP contribution in [0.25, 0.3) is 0 Å². The van der Waals surface area contributed by atoms with Gasteiger partial charge in [-0.3, -0.25) is 9.59 Å². The maximum Gasteiger partial charge on any atom is 0.259 e. The fourth-order valence-electron chi connectivity index (χ4n) is 3.20. The van der Waals surface area contributed by atoms with Crippen LogP contribution in [0.2, 0.25) is 0 Å². The monoisotopic (exact) mass is 463 g/mol. The molecule has 7 nitrogen and oxygen atoms in total. The van der Waals surface area contributed by atoms with Crippen LogP contribution in [-0.4, -0.2) is 48.2 Å². The first kappa shape index (κ1) is 28.2. The molecule has 1 rings (SSSR count). The van der Waals surface area contributed by atoms with Gasteiger partial charge in [-0.15, -0.1) is 0 Å². The molecule has 1 atom stereocenters. The molecule has 0 saturated heterocycles. The molecular weight excluding hydrogens is 425 g/mol. The molecule has 32 heavy (non-hydrogen) atoms. The molecule has 1 aromatic carbocycles. The van der Waals surface area contributed by atoms with E-state index in [9.17, 15) is 9.59 Å². The molecule has 0 aliphatic heterocycles. The van der Waals surface area contributed by atoms with Crippen LogP contribution in [-0.2, 0) is 9.05 Å². The van der Waals surface area contributed by atoms with Crippen molar-refractivity contribution in [2.45, 2.75) is 78.8 Å². The highest BCUT2D eigenvalue weighted by Crippen LogP contribution is 2.46. The lowest BCUT2D eigenvalue weighted by Crippen LogP contribution is -2.33. The number of benzene rings is 1. The van der Waals surface area contributed by atoms with Crippen LogP contribution in [0.3, 0.4) is 0 Å². The Bertz CT molecular complexity index is 724. The topological polar surface area (TPSA) is 91.7 Å². The predicted octanol–water partition coefficient (Wildman–Crippen LogP) is 5.47. The number of nitrogens with zero attached hydrogens (tertiary/aromatic N) is 2. The van der Waals surface area contributed by atoms with Crippen LogP contribution in [0.5, 0.6) is 0 Å². The van der Waals surface area contributed by atoms with E-state index in [2.05, 4.69) is 43.8 Å². The second kappa shape index (κ2) is 15.9. The van der Waals surface area contributed by atoms with Crippen molar-refractivity contribution < 1.29 is 18.6 Å². The van der Waals surface area contributed by atoms with Crippen LogP contribution in [0.15, 0.2) is 24.3 Å². The largest absolute Gasteiger partial charge is 0.352 e. The van der Waals surface area contributed by atoms with Gasteiger partial charge in [0.2, 0.25) is 0 Å². The zero-order valence-corrected chi connectivity index (χ0v) is 21.0. The maximum atomic E-state index is 12.2. The molecule has 8 heteroatoms. The molecule has 1 amide bonds. The lowest BCUT2D eigenvalue weighted by Gasteiger charge is -2.35. The SMILES string of the molecule is CC(=O)c1ccc(C(=O)NCCCCCCOP(OCCC#N)N(C(C)C)C(C)C)cc1.